The fraction of sp³-hybridized carbons (Fsp3) is 0.350. The van der Waals surface area contributed by atoms with Crippen LogP contribution in [0.25, 0.3) is 0 Å². The molecule has 0 amide bonds. The van der Waals surface area contributed by atoms with Crippen molar-refractivity contribution >= 4 is 23.8 Å². The van der Waals surface area contributed by atoms with Crippen molar-refractivity contribution in [3.63, 3.8) is 0 Å². The van der Waals surface area contributed by atoms with Crippen LogP contribution < -0.4 is 4.74 Å². The first-order chi connectivity index (χ1) is 14.2. The highest BCUT2D eigenvalue weighted by molar-refractivity contribution is 7.71. The average Bonchev–Trinajstić information content (AvgIpc) is 3.09. The molecule has 0 unspecified atom stereocenters. The topological polar surface area (TPSA) is 59.6 Å². The van der Waals surface area contributed by atoms with Gasteiger partial charge in [0.1, 0.15) is 5.75 Å². The first-order valence-electron chi connectivity index (χ1n) is 9.44. The minimum Gasteiger partial charge on any atom is -0.484 e. The Morgan fingerprint density at radius 1 is 1.00 bits per heavy atom. The molecule has 1 saturated heterocycles. The van der Waals surface area contributed by atoms with E-state index in [-0.39, 0.29) is 6.61 Å². The van der Waals surface area contributed by atoms with Gasteiger partial charge in [-0.1, -0.05) is 11.6 Å². The van der Waals surface area contributed by atoms with Gasteiger partial charge in [-0.05, 0) is 54.2 Å². The van der Waals surface area contributed by atoms with Crippen LogP contribution in [0.5, 0.6) is 5.75 Å². The van der Waals surface area contributed by atoms with Crippen molar-refractivity contribution in [3.05, 3.63) is 70.1 Å². The summed E-state index contributed by atoms with van der Waals surface area (Å²) in [7, 11) is 0. The van der Waals surface area contributed by atoms with Crippen LogP contribution in [-0.2, 0) is 19.8 Å². The van der Waals surface area contributed by atoms with Gasteiger partial charge in [-0.25, -0.2) is 4.68 Å². The third kappa shape index (κ3) is 5.63. The van der Waals surface area contributed by atoms with Gasteiger partial charge >= 0.3 is 0 Å². The van der Waals surface area contributed by atoms with Crippen molar-refractivity contribution in [1.29, 1.82) is 0 Å². The number of ether oxygens (including phenoxy) is 1. The van der Waals surface area contributed by atoms with E-state index in [4.69, 9.17) is 33.0 Å². The van der Waals surface area contributed by atoms with E-state index in [2.05, 4.69) is 32.0 Å². The van der Waals surface area contributed by atoms with Gasteiger partial charge in [0.2, 0.25) is 0 Å². The number of rotatable bonds is 7. The van der Waals surface area contributed by atoms with E-state index in [9.17, 15) is 0 Å². The number of hydrogen-bond acceptors (Lipinski definition) is 7. The lowest BCUT2D eigenvalue weighted by Crippen LogP contribution is -2.46. The summed E-state index contributed by atoms with van der Waals surface area (Å²) in [6.45, 7) is 5.70. The zero-order valence-electron chi connectivity index (χ0n) is 15.9. The van der Waals surface area contributed by atoms with Gasteiger partial charge in [0.25, 0.3) is 10.7 Å². The molecule has 0 spiro atoms. The second kappa shape index (κ2) is 9.49. The van der Waals surface area contributed by atoms with E-state index in [0.29, 0.717) is 28.2 Å². The van der Waals surface area contributed by atoms with Crippen molar-refractivity contribution in [1.82, 2.24) is 24.6 Å². The van der Waals surface area contributed by atoms with Gasteiger partial charge in [-0.3, -0.25) is 14.8 Å². The monoisotopic (exact) mass is 431 g/mol. The third-order valence-corrected chi connectivity index (χ3v) is 5.32. The molecule has 3 heterocycles. The van der Waals surface area contributed by atoms with Crippen LogP contribution in [0.3, 0.4) is 0 Å². The minimum atomic E-state index is 0.220. The fourth-order valence-electron chi connectivity index (χ4n) is 3.20. The fourth-order valence-corrected chi connectivity index (χ4v) is 3.52. The molecule has 3 aromatic rings. The Bertz CT molecular complexity index is 969. The van der Waals surface area contributed by atoms with Crippen LogP contribution in [0.15, 0.2) is 53.2 Å². The zero-order valence-corrected chi connectivity index (χ0v) is 17.5. The van der Waals surface area contributed by atoms with Crippen LogP contribution >= 0.6 is 23.8 Å². The Balaban J connectivity index is 1.27. The summed E-state index contributed by atoms with van der Waals surface area (Å²) >= 11 is 11.2. The first-order valence-corrected chi connectivity index (χ1v) is 10.2. The van der Waals surface area contributed by atoms with E-state index in [1.165, 1.54) is 5.56 Å². The molecule has 1 aliphatic rings. The molecule has 0 saturated carbocycles. The SMILES string of the molecule is S=c1oc(COc2ccc(Cl)cc2)nn1CN1CCN(Cc2ccncc2)CC1. The molecule has 7 nitrogen and oxygen atoms in total. The van der Waals surface area contributed by atoms with Crippen LogP contribution in [-0.4, -0.2) is 50.7 Å². The minimum absolute atomic E-state index is 0.220. The predicted molar refractivity (Wildman–Crippen MR) is 112 cm³/mol. The highest BCUT2D eigenvalue weighted by atomic mass is 35.5. The summed E-state index contributed by atoms with van der Waals surface area (Å²) in [4.78, 5) is 9.20. The molecule has 29 heavy (non-hydrogen) atoms. The van der Waals surface area contributed by atoms with Crippen LogP contribution in [0, 0.1) is 4.84 Å². The van der Waals surface area contributed by atoms with E-state index >= 15 is 0 Å². The Labute approximate surface area is 179 Å². The molecule has 0 bridgehead atoms. The van der Waals surface area contributed by atoms with Gasteiger partial charge < -0.3 is 9.15 Å². The maximum absolute atomic E-state index is 5.88. The molecule has 0 N–H and O–H groups in total. The summed E-state index contributed by atoms with van der Waals surface area (Å²) in [5, 5.41) is 5.12. The predicted octanol–water partition coefficient (Wildman–Crippen LogP) is 3.61. The van der Waals surface area contributed by atoms with Gasteiger partial charge in [-0.2, -0.15) is 0 Å². The summed E-state index contributed by atoms with van der Waals surface area (Å²) in [5.41, 5.74) is 1.29. The molecule has 2 aromatic heterocycles. The Hall–Kier alpha value is -2.26. The van der Waals surface area contributed by atoms with Crippen LogP contribution in [0.2, 0.25) is 5.02 Å². The smallest absolute Gasteiger partial charge is 0.288 e. The maximum atomic E-state index is 5.88. The second-order valence-electron chi connectivity index (χ2n) is 6.89. The highest BCUT2D eigenvalue weighted by Gasteiger charge is 2.18. The molecule has 1 fully saturated rings. The lowest BCUT2D eigenvalue weighted by molar-refractivity contribution is 0.0973. The second-order valence-corrected chi connectivity index (χ2v) is 7.68. The van der Waals surface area contributed by atoms with Gasteiger partial charge in [0.05, 0.1) is 6.67 Å². The molecule has 0 radical (unpaired) electrons. The largest absolute Gasteiger partial charge is 0.484 e. The molecule has 1 aliphatic heterocycles. The zero-order chi connectivity index (χ0) is 20.1. The number of nitrogens with zero attached hydrogens (tertiary/aromatic N) is 5. The van der Waals surface area contributed by atoms with Crippen molar-refractivity contribution in [2.75, 3.05) is 26.2 Å². The van der Waals surface area contributed by atoms with E-state index in [0.717, 1.165) is 32.7 Å². The summed E-state index contributed by atoms with van der Waals surface area (Å²) in [6, 6.07) is 11.3. The Kier molecular flexibility index (Phi) is 6.56. The lowest BCUT2D eigenvalue weighted by atomic mass is 10.2. The van der Waals surface area contributed by atoms with Crippen molar-refractivity contribution in [3.8, 4) is 5.75 Å². The lowest BCUT2D eigenvalue weighted by Gasteiger charge is -2.34. The summed E-state index contributed by atoms with van der Waals surface area (Å²) in [5.74, 6) is 1.16. The number of halogens is 1. The number of pyridine rings is 1. The average molecular weight is 432 g/mol. The normalized spacial score (nSPS) is 15.5. The summed E-state index contributed by atoms with van der Waals surface area (Å²) in [6.07, 6.45) is 3.68. The third-order valence-electron chi connectivity index (χ3n) is 4.78. The van der Waals surface area contributed by atoms with Crippen LogP contribution in [0.1, 0.15) is 11.5 Å². The van der Waals surface area contributed by atoms with Gasteiger partial charge in [0, 0.05) is 50.1 Å². The van der Waals surface area contributed by atoms with E-state index in [1.807, 2.05) is 12.4 Å². The number of aromatic nitrogens is 3. The molecule has 0 aliphatic carbocycles. The standard InChI is InChI=1S/C20H22ClN5O2S/c21-17-1-3-18(4-2-17)27-14-19-23-26(20(29)28-19)15-25-11-9-24(10-12-25)13-16-5-7-22-8-6-16/h1-8H,9-15H2. The first kappa shape index (κ1) is 20.0. The molecule has 0 atom stereocenters. The van der Waals surface area contributed by atoms with E-state index < -0.39 is 0 Å². The summed E-state index contributed by atoms with van der Waals surface area (Å²) < 4.78 is 13.0. The molecular weight excluding hydrogens is 410 g/mol. The van der Waals surface area contributed by atoms with Crippen LogP contribution in [0.4, 0.5) is 0 Å². The van der Waals surface area contributed by atoms with Gasteiger partial charge in [-0.15, -0.1) is 5.10 Å². The van der Waals surface area contributed by atoms with Crippen molar-refractivity contribution in [2.45, 2.75) is 19.8 Å². The number of piperazine rings is 1. The Morgan fingerprint density at radius 2 is 1.69 bits per heavy atom. The number of hydrogen-bond donors (Lipinski definition) is 0. The maximum Gasteiger partial charge on any atom is 0.288 e. The van der Waals surface area contributed by atoms with Gasteiger partial charge in [0.15, 0.2) is 6.61 Å². The molecule has 1 aromatic carbocycles. The quantitative estimate of drug-likeness (QED) is 0.529. The molecule has 152 valence electrons. The van der Waals surface area contributed by atoms with Crippen molar-refractivity contribution in [2.24, 2.45) is 0 Å². The number of benzene rings is 1. The molecule has 4 rings (SSSR count). The van der Waals surface area contributed by atoms with Crippen molar-refractivity contribution < 1.29 is 9.15 Å². The molecule has 9 heteroatoms. The molecular formula is C20H22ClN5O2S. The Morgan fingerprint density at radius 3 is 2.41 bits per heavy atom. The van der Waals surface area contributed by atoms with E-state index in [1.54, 1.807) is 28.9 Å². The highest BCUT2D eigenvalue weighted by Crippen LogP contribution is 2.17.